The van der Waals surface area contributed by atoms with Crippen LogP contribution in [0.4, 0.5) is 0 Å². The van der Waals surface area contributed by atoms with Crippen molar-refractivity contribution < 1.29 is 0 Å². The molecule has 1 aromatic rings. The van der Waals surface area contributed by atoms with Crippen molar-refractivity contribution in [3.05, 3.63) is 19.9 Å². The fourth-order valence-corrected chi connectivity index (χ4v) is 3.12. The summed E-state index contributed by atoms with van der Waals surface area (Å²) in [4.78, 5) is 5.66. The predicted octanol–water partition coefficient (Wildman–Crippen LogP) is 3.10. The Morgan fingerprint density at radius 2 is 2.11 bits per heavy atom. The molecule has 1 rings (SSSR count). The Balaban J connectivity index is 2.32. The van der Waals surface area contributed by atoms with Crippen molar-refractivity contribution in [1.29, 1.82) is 0 Å². The van der Waals surface area contributed by atoms with E-state index in [9.17, 15) is 0 Å². The van der Waals surface area contributed by atoms with Gasteiger partial charge in [-0.2, -0.15) is 0 Å². The van der Waals surface area contributed by atoms with Crippen molar-refractivity contribution in [2.45, 2.75) is 33.2 Å². The lowest BCUT2D eigenvalue weighted by atomic mass is 10.1. The second-order valence-corrected chi connectivity index (χ2v) is 7.69. The lowest BCUT2D eigenvalue weighted by Gasteiger charge is -2.20. The van der Waals surface area contributed by atoms with Gasteiger partial charge in [0.05, 0.1) is 2.88 Å². The zero-order chi connectivity index (χ0) is 13.5. The second kappa shape index (κ2) is 7.99. The molecule has 3 nitrogen and oxygen atoms in total. The molecule has 2 N–H and O–H groups in total. The highest BCUT2D eigenvalue weighted by molar-refractivity contribution is 14.1. The normalized spacial score (nSPS) is 13.8. The van der Waals surface area contributed by atoms with E-state index in [0.717, 1.165) is 18.9 Å². The zero-order valence-corrected chi connectivity index (χ0v) is 14.4. The molecular formula is C13H22IN3S. The summed E-state index contributed by atoms with van der Waals surface area (Å²) in [7, 11) is 1.82. The Morgan fingerprint density at radius 1 is 1.39 bits per heavy atom. The molecule has 0 fully saturated rings. The van der Waals surface area contributed by atoms with Crippen molar-refractivity contribution in [3.63, 3.8) is 0 Å². The smallest absolute Gasteiger partial charge is 0.191 e. The summed E-state index contributed by atoms with van der Waals surface area (Å²) in [5, 5.41) is 6.75. The highest BCUT2D eigenvalue weighted by Gasteiger charge is 2.08. The topological polar surface area (TPSA) is 36.4 Å². The van der Waals surface area contributed by atoms with Crippen LogP contribution in [0.3, 0.4) is 0 Å². The monoisotopic (exact) mass is 379 g/mol. The largest absolute Gasteiger partial charge is 0.356 e. The van der Waals surface area contributed by atoms with E-state index < -0.39 is 0 Å². The SMILES string of the molecule is CN=C(NCCc1ccc(I)s1)NC(C)C(C)C. The molecule has 0 saturated carbocycles. The third kappa shape index (κ3) is 5.56. The second-order valence-electron chi connectivity index (χ2n) is 4.63. The number of nitrogens with zero attached hydrogens (tertiary/aromatic N) is 1. The van der Waals surface area contributed by atoms with Crippen LogP contribution in [0, 0.1) is 8.80 Å². The van der Waals surface area contributed by atoms with E-state index in [1.165, 1.54) is 7.76 Å². The Bertz CT molecular complexity index is 387. The summed E-state index contributed by atoms with van der Waals surface area (Å²) in [6.45, 7) is 7.51. The number of nitrogens with one attached hydrogen (secondary N) is 2. The van der Waals surface area contributed by atoms with Crippen molar-refractivity contribution in [3.8, 4) is 0 Å². The first-order valence-corrected chi connectivity index (χ1v) is 8.14. The van der Waals surface area contributed by atoms with Gasteiger partial charge in [-0.15, -0.1) is 11.3 Å². The molecule has 0 saturated heterocycles. The Morgan fingerprint density at radius 3 is 2.61 bits per heavy atom. The van der Waals surface area contributed by atoms with E-state index in [0.29, 0.717) is 12.0 Å². The third-order valence-electron chi connectivity index (χ3n) is 2.88. The standard InChI is InChI=1S/C13H22IN3S/c1-9(2)10(3)17-13(15-4)16-8-7-11-5-6-12(14)18-11/h5-6,9-10H,7-8H2,1-4H3,(H2,15,16,17). The molecule has 1 unspecified atom stereocenters. The Kier molecular flexibility index (Phi) is 6.99. The molecule has 1 heterocycles. The van der Waals surface area contributed by atoms with Gasteiger partial charge in [0.1, 0.15) is 0 Å². The molecule has 0 aromatic carbocycles. The first-order valence-electron chi connectivity index (χ1n) is 6.24. The van der Waals surface area contributed by atoms with Crippen molar-refractivity contribution in [2.75, 3.05) is 13.6 Å². The van der Waals surface area contributed by atoms with Crippen LogP contribution < -0.4 is 10.6 Å². The summed E-state index contributed by atoms with van der Waals surface area (Å²) in [6, 6.07) is 4.79. The summed E-state index contributed by atoms with van der Waals surface area (Å²) >= 11 is 4.21. The van der Waals surface area contributed by atoms with E-state index >= 15 is 0 Å². The number of hydrogen-bond donors (Lipinski definition) is 2. The van der Waals surface area contributed by atoms with E-state index in [1.54, 1.807) is 0 Å². The number of rotatable bonds is 5. The van der Waals surface area contributed by atoms with Crippen LogP contribution in [0.15, 0.2) is 17.1 Å². The maximum Gasteiger partial charge on any atom is 0.191 e. The average molecular weight is 379 g/mol. The minimum atomic E-state index is 0.430. The molecule has 0 aliphatic heterocycles. The minimum absolute atomic E-state index is 0.430. The van der Waals surface area contributed by atoms with Gasteiger partial charge < -0.3 is 10.6 Å². The highest BCUT2D eigenvalue weighted by atomic mass is 127. The zero-order valence-electron chi connectivity index (χ0n) is 11.5. The lowest BCUT2D eigenvalue weighted by molar-refractivity contribution is 0.481. The molecular weight excluding hydrogens is 357 g/mol. The maximum atomic E-state index is 4.24. The number of thiophene rings is 1. The average Bonchev–Trinajstić information content (AvgIpc) is 2.73. The summed E-state index contributed by atoms with van der Waals surface area (Å²) in [6.07, 6.45) is 1.05. The Labute approximate surface area is 128 Å². The summed E-state index contributed by atoms with van der Waals surface area (Å²) in [5.74, 6) is 1.49. The number of hydrogen-bond acceptors (Lipinski definition) is 2. The summed E-state index contributed by atoms with van der Waals surface area (Å²) in [5.41, 5.74) is 0. The molecule has 0 spiro atoms. The molecule has 0 aliphatic rings. The van der Waals surface area contributed by atoms with Gasteiger partial charge in [-0.05, 0) is 54.0 Å². The van der Waals surface area contributed by atoms with Crippen LogP contribution in [0.2, 0.25) is 0 Å². The molecule has 1 aromatic heterocycles. The van der Waals surface area contributed by atoms with E-state index in [1.807, 2.05) is 18.4 Å². The first-order chi connectivity index (χ1) is 8.52. The van der Waals surface area contributed by atoms with Crippen molar-refractivity contribution >= 4 is 39.9 Å². The van der Waals surface area contributed by atoms with Crippen LogP contribution in [0.5, 0.6) is 0 Å². The highest BCUT2D eigenvalue weighted by Crippen LogP contribution is 2.18. The number of aliphatic imine (C=N–C) groups is 1. The van der Waals surface area contributed by atoms with Crippen LogP contribution in [0.25, 0.3) is 0 Å². The van der Waals surface area contributed by atoms with Crippen LogP contribution in [-0.2, 0) is 6.42 Å². The maximum absolute atomic E-state index is 4.24. The molecule has 0 aliphatic carbocycles. The van der Waals surface area contributed by atoms with Crippen molar-refractivity contribution in [1.82, 2.24) is 10.6 Å². The Hall–Kier alpha value is -0.300. The van der Waals surface area contributed by atoms with Gasteiger partial charge in [-0.3, -0.25) is 4.99 Å². The van der Waals surface area contributed by atoms with Crippen LogP contribution in [-0.4, -0.2) is 25.6 Å². The minimum Gasteiger partial charge on any atom is -0.356 e. The molecule has 0 amide bonds. The quantitative estimate of drug-likeness (QED) is 0.469. The molecule has 5 heteroatoms. The van der Waals surface area contributed by atoms with Gasteiger partial charge in [0.25, 0.3) is 0 Å². The first kappa shape index (κ1) is 15.8. The molecule has 0 bridgehead atoms. The molecule has 18 heavy (non-hydrogen) atoms. The predicted molar refractivity (Wildman–Crippen MR) is 89.5 cm³/mol. The molecule has 102 valence electrons. The van der Waals surface area contributed by atoms with Gasteiger partial charge in [0.2, 0.25) is 0 Å². The van der Waals surface area contributed by atoms with E-state index in [4.69, 9.17) is 0 Å². The third-order valence-corrected chi connectivity index (χ3v) is 4.83. The number of guanidine groups is 1. The van der Waals surface area contributed by atoms with Gasteiger partial charge in [-0.25, -0.2) is 0 Å². The van der Waals surface area contributed by atoms with Crippen LogP contribution in [0.1, 0.15) is 25.6 Å². The molecule has 0 radical (unpaired) electrons. The lowest BCUT2D eigenvalue weighted by Crippen LogP contribution is -2.44. The van der Waals surface area contributed by atoms with E-state index in [2.05, 4.69) is 71.1 Å². The fourth-order valence-electron chi connectivity index (χ4n) is 1.37. The van der Waals surface area contributed by atoms with Crippen molar-refractivity contribution in [2.24, 2.45) is 10.9 Å². The van der Waals surface area contributed by atoms with Gasteiger partial charge in [-0.1, -0.05) is 13.8 Å². The van der Waals surface area contributed by atoms with Crippen LogP contribution >= 0.6 is 33.9 Å². The van der Waals surface area contributed by atoms with Gasteiger partial charge >= 0.3 is 0 Å². The molecule has 1 atom stereocenters. The van der Waals surface area contributed by atoms with Gasteiger partial charge in [0.15, 0.2) is 5.96 Å². The fraction of sp³-hybridized carbons (Fsp3) is 0.615. The van der Waals surface area contributed by atoms with Gasteiger partial charge in [0, 0.05) is 24.5 Å². The van der Waals surface area contributed by atoms with E-state index in [-0.39, 0.29) is 0 Å². The summed E-state index contributed by atoms with van der Waals surface area (Å²) < 4.78 is 1.35. The number of halogens is 1.